The summed E-state index contributed by atoms with van der Waals surface area (Å²) < 4.78 is 9.59. The second-order valence-corrected chi connectivity index (χ2v) is 10.4. The van der Waals surface area contributed by atoms with Gasteiger partial charge in [-0.3, -0.25) is 0 Å². The molecule has 0 spiro atoms. The first-order chi connectivity index (χ1) is 16.8. The summed E-state index contributed by atoms with van der Waals surface area (Å²) in [5, 5.41) is 4.85. The molecule has 7 nitrogen and oxygen atoms in total. The van der Waals surface area contributed by atoms with E-state index in [0.717, 1.165) is 43.0 Å². The van der Waals surface area contributed by atoms with Crippen molar-refractivity contribution in [3.05, 3.63) is 71.1 Å². The third kappa shape index (κ3) is 4.35. The molecule has 0 unspecified atom stereocenters. The molecule has 3 aromatic heterocycles. The summed E-state index contributed by atoms with van der Waals surface area (Å²) >= 11 is 0. The quantitative estimate of drug-likeness (QED) is 0.378. The minimum atomic E-state index is 0.102. The van der Waals surface area contributed by atoms with Gasteiger partial charge in [0, 0.05) is 18.7 Å². The molecule has 1 aliphatic rings. The van der Waals surface area contributed by atoms with Crippen LogP contribution < -0.4 is 4.74 Å². The Morgan fingerprint density at radius 3 is 2.63 bits per heavy atom. The Balaban J connectivity index is 1.52. The van der Waals surface area contributed by atoms with Crippen LogP contribution in [-0.4, -0.2) is 36.4 Å². The third-order valence-electron chi connectivity index (χ3n) is 6.85. The van der Waals surface area contributed by atoms with Gasteiger partial charge in [0.05, 0.1) is 19.1 Å². The molecule has 7 heteroatoms. The molecule has 0 radical (unpaired) electrons. The van der Waals surface area contributed by atoms with E-state index in [2.05, 4.69) is 55.6 Å². The Hall–Kier alpha value is -3.48. The molecule has 182 valence electrons. The van der Waals surface area contributed by atoms with Crippen molar-refractivity contribution >= 4 is 0 Å². The van der Waals surface area contributed by atoms with Gasteiger partial charge in [0.2, 0.25) is 5.88 Å². The fraction of sp³-hybridized carbons (Fsp3) is 0.429. The summed E-state index contributed by atoms with van der Waals surface area (Å²) in [7, 11) is 1.63. The number of aromatic nitrogens is 6. The van der Waals surface area contributed by atoms with Crippen LogP contribution >= 0.6 is 0 Å². The molecule has 1 aromatic carbocycles. The number of benzene rings is 1. The average Bonchev–Trinajstić information content (AvgIpc) is 3.49. The molecule has 35 heavy (non-hydrogen) atoms. The molecule has 0 saturated heterocycles. The standard InChI is InChI=1S/C28H34N6O/c1-7-19-10-11-20(15-22(19)28(3,4)5)21-9-8-14-34-26(21)31-25(32-34)23-12-13-24(27(30-23)35-6)33-16-18(2)29-17-33/h10-13,15-17,21H,7-9,14H2,1-6H3/t21-/m0/s1. The molecule has 5 rings (SSSR count). The highest BCUT2D eigenvalue weighted by molar-refractivity contribution is 5.55. The Morgan fingerprint density at radius 2 is 1.94 bits per heavy atom. The van der Waals surface area contributed by atoms with E-state index in [1.165, 1.54) is 16.7 Å². The van der Waals surface area contributed by atoms with Gasteiger partial charge in [-0.2, -0.15) is 0 Å². The Bertz CT molecular complexity index is 1360. The Labute approximate surface area is 207 Å². The van der Waals surface area contributed by atoms with E-state index in [1.54, 1.807) is 13.4 Å². The summed E-state index contributed by atoms with van der Waals surface area (Å²) in [4.78, 5) is 14.1. The number of rotatable bonds is 5. The number of aryl methyl sites for hydroxylation is 3. The number of imidazole rings is 1. The van der Waals surface area contributed by atoms with Crippen LogP contribution in [0.25, 0.3) is 17.2 Å². The number of pyridine rings is 1. The van der Waals surface area contributed by atoms with Gasteiger partial charge in [0.15, 0.2) is 5.82 Å². The lowest BCUT2D eigenvalue weighted by molar-refractivity contribution is 0.396. The molecule has 0 saturated carbocycles. The van der Waals surface area contributed by atoms with Gasteiger partial charge in [-0.25, -0.2) is 19.6 Å². The maximum Gasteiger partial charge on any atom is 0.238 e. The van der Waals surface area contributed by atoms with Crippen LogP contribution in [0.1, 0.15) is 74.7 Å². The van der Waals surface area contributed by atoms with Crippen molar-refractivity contribution in [3.8, 4) is 23.1 Å². The summed E-state index contributed by atoms with van der Waals surface area (Å²) in [6.07, 6.45) is 6.91. The van der Waals surface area contributed by atoms with E-state index in [4.69, 9.17) is 19.8 Å². The Morgan fingerprint density at radius 1 is 1.11 bits per heavy atom. The average molecular weight is 471 g/mol. The van der Waals surface area contributed by atoms with Crippen molar-refractivity contribution in [1.82, 2.24) is 29.3 Å². The predicted molar refractivity (Wildman–Crippen MR) is 137 cm³/mol. The maximum atomic E-state index is 5.61. The molecule has 0 bridgehead atoms. The lowest BCUT2D eigenvalue weighted by Gasteiger charge is -2.27. The monoisotopic (exact) mass is 470 g/mol. The highest BCUT2D eigenvalue weighted by Gasteiger charge is 2.28. The number of hydrogen-bond donors (Lipinski definition) is 0. The maximum absolute atomic E-state index is 5.61. The first-order valence-corrected chi connectivity index (χ1v) is 12.4. The lowest BCUT2D eigenvalue weighted by Crippen LogP contribution is -2.20. The number of methoxy groups -OCH3 is 1. The molecular formula is C28H34N6O. The lowest BCUT2D eigenvalue weighted by atomic mass is 9.79. The summed E-state index contributed by atoms with van der Waals surface area (Å²) in [6, 6.07) is 10.9. The molecule has 0 N–H and O–H groups in total. The normalized spacial score (nSPS) is 15.8. The van der Waals surface area contributed by atoms with E-state index < -0.39 is 0 Å². The van der Waals surface area contributed by atoms with Crippen LogP contribution in [0.5, 0.6) is 5.88 Å². The van der Waals surface area contributed by atoms with Gasteiger partial charge >= 0.3 is 0 Å². The van der Waals surface area contributed by atoms with E-state index >= 15 is 0 Å². The highest BCUT2D eigenvalue weighted by atomic mass is 16.5. The summed E-state index contributed by atoms with van der Waals surface area (Å²) in [5.41, 5.74) is 6.75. The van der Waals surface area contributed by atoms with Crippen LogP contribution in [0.4, 0.5) is 0 Å². The first-order valence-electron chi connectivity index (χ1n) is 12.4. The third-order valence-corrected chi connectivity index (χ3v) is 6.85. The fourth-order valence-corrected chi connectivity index (χ4v) is 5.05. The molecule has 0 amide bonds. The SMILES string of the molecule is CCc1ccc([C@@H]2CCCn3nc(-c4ccc(-n5cnc(C)c5)c(OC)n4)nc32)cc1C(C)(C)C. The van der Waals surface area contributed by atoms with Crippen LogP contribution in [0.15, 0.2) is 42.9 Å². The van der Waals surface area contributed by atoms with Crippen molar-refractivity contribution in [2.45, 2.75) is 71.8 Å². The van der Waals surface area contributed by atoms with Crippen LogP contribution in [-0.2, 0) is 18.4 Å². The topological polar surface area (TPSA) is 70.7 Å². The second kappa shape index (κ2) is 8.95. The molecule has 1 aliphatic heterocycles. The van der Waals surface area contributed by atoms with Crippen molar-refractivity contribution in [2.75, 3.05) is 7.11 Å². The molecule has 4 aromatic rings. The summed E-state index contributed by atoms with van der Waals surface area (Å²) in [5.74, 6) is 2.41. The van der Waals surface area contributed by atoms with Gasteiger partial charge in [-0.05, 0) is 60.4 Å². The van der Waals surface area contributed by atoms with Crippen LogP contribution in [0.3, 0.4) is 0 Å². The zero-order chi connectivity index (χ0) is 24.7. The van der Waals surface area contributed by atoms with E-state index in [1.807, 2.05) is 29.8 Å². The van der Waals surface area contributed by atoms with Crippen LogP contribution in [0, 0.1) is 6.92 Å². The number of fused-ring (bicyclic) bond motifs is 1. The van der Waals surface area contributed by atoms with Crippen molar-refractivity contribution in [2.24, 2.45) is 0 Å². The van der Waals surface area contributed by atoms with Gasteiger partial charge in [-0.15, -0.1) is 5.10 Å². The zero-order valence-corrected chi connectivity index (χ0v) is 21.5. The van der Waals surface area contributed by atoms with Crippen molar-refractivity contribution in [1.29, 1.82) is 0 Å². The minimum Gasteiger partial charge on any atom is -0.479 e. The molecule has 1 atom stereocenters. The van der Waals surface area contributed by atoms with Crippen molar-refractivity contribution < 1.29 is 4.74 Å². The predicted octanol–water partition coefficient (Wildman–Crippen LogP) is 5.63. The van der Waals surface area contributed by atoms with E-state index in [9.17, 15) is 0 Å². The van der Waals surface area contributed by atoms with Gasteiger partial charge in [-0.1, -0.05) is 45.9 Å². The fourth-order valence-electron chi connectivity index (χ4n) is 5.05. The van der Waals surface area contributed by atoms with Crippen molar-refractivity contribution in [3.63, 3.8) is 0 Å². The zero-order valence-electron chi connectivity index (χ0n) is 21.5. The van der Waals surface area contributed by atoms with E-state index in [-0.39, 0.29) is 11.3 Å². The molecular weight excluding hydrogens is 436 g/mol. The van der Waals surface area contributed by atoms with Gasteiger partial charge < -0.3 is 9.30 Å². The molecule has 0 aliphatic carbocycles. The minimum absolute atomic E-state index is 0.102. The smallest absolute Gasteiger partial charge is 0.238 e. The van der Waals surface area contributed by atoms with Gasteiger partial charge in [0.1, 0.15) is 17.2 Å². The van der Waals surface area contributed by atoms with E-state index in [0.29, 0.717) is 17.4 Å². The second-order valence-electron chi connectivity index (χ2n) is 10.4. The molecule has 0 fully saturated rings. The summed E-state index contributed by atoms with van der Waals surface area (Å²) in [6.45, 7) is 11.9. The Kier molecular flexibility index (Phi) is 5.95. The largest absolute Gasteiger partial charge is 0.479 e. The van der Waals surface area contributed by atoms with Crippen LogP contribution in [0.2, 0.25) is 0 Å². The van der Waals surface area contributed by atoms with Gasteiger partial charge in [0.25, 0.3) is 0 Å². The highest BCUT2D eigenvalue weighted by Crippen LogP contribution is 2.37. The number of ether oxygens (including phenoxy) is 1. The molecule has 4 heterocycles. The number of nitrogens with zero attached hydrogens (tertiary/aromatic N) is 6. The number of hydrogen-bond acceptors (Lipinski definition) is 5. The first kappa shape index (κ1) is 23.3.